The molecule has 0 unspecified atom stereocenters. The molecule has 22 heavy (non-hydrogen) atoms. The summed E-state index contributed by atoms with van der Waals surface area (Å²) in [4.78, 5) is 1.95. The Morgan fingerprint density at radius 3 is 2.41 bits per heavy atom. The van der Waals surface area contributed by atoms with Crippen LogP contribution in [0.5, 0.6) is 0 Å². The summed E-state index contributed by atoms with van der Waals surface area (Å²) in [6, 6.07) is 2.70. The van der Waals surface area contributed by atoms with Gasteiger partial charge in [0, 0.05) is 37.8 Å². The van der Waals surface area contributed by atoms with Gasteiger partial charge in [0.05, 0.1) is 5.56 Å². The zero-order valence-electron chi connectivity index (χ0n) is 12.4. The molecule has 1 aliphatic rings. The van der Waals surface area contributed by atoms with E-state index < -0.39 is 23.6 Å². The number of hydrogen-bond donors (Lipinski definition) is 1. The Morgan fingerprint density at radius 2 is 1.86 bits per heavy atom. The van der Waals surface area contributed by atoms with Gasteiger partial charge >= 0.3 is 6.18 Å². The molecular weight excluding hydrogens is 320 g/mol. The fraction of sp³-hybridized carbons (Fsp3) is 0.600. The lowest BCUT2D eigenvalue weighted by Gasteiger charge is -2.36. The number of hydrogen-bond acceptors (Lipinski definition) is 2. The minimum atomic E-state index is -4.53. The maximum atomic E-state index is 14.2. The monoisotopic (exact) mass is 340 g/mol. The summed E-state index contributed by atoms with van der Waals surface area (Å²) in [5, 5.41) is 3.16. The molecule has 1 atom stereocenters. The number of rotatable bonds is 4. The largest absolute Gasteiger partial charge is 0.416 e. The average molecular weight is 341 g/mol. The molecule has 1 aromatic carbocycles. The van der Waals surface area contributed by atoms with Crippen molar-refractivity contribution >= 4 is 12.4 Å². The lowest BCUT2D eigenvalue weighted by Crippen LogP contribution is -2.45. The SMILES string of the molecule is CCC[C@@H](c1c(F)cccc1C(F)(F)F)N1CCNCC1.Cl. The molecule has 0 amide bonds. The second-order valence-electron chi connectivity index (χ2n) is 5.29. The van der Waals surface area contributed by atoms with E-state index >= 15 is 0 Å². The molecule has 0 aliphatic carbocycles. The zero-order chi connectivity index (χ0) is 15.5. The van der Waals surface area contributed by atoms with Crippen LogP contribution in [0.1, 0.15) is 36.9 Å². The first-order chi connectivity index (χ1) is 9.95. The van der Waals surface area contributed by atoms with Gasteiger partial charge in [-0.15, -0.1) is 12.4 Å². The van der Waals surface area contributed by atoms with Crippen LogP contribution < -0.4 is 5.32 Å². The molecule has 1 fully saturated rings. The highest BCUT2D eigenvalue weighted by atomic mass is 35.5. The van der Waals surface area contributed by atoms with Crippen LogP contribution in [-0.4, -0.2) is 31.1 Å². The molecule has 1 aliphatic heterocycles. The quantitative estimate of drug-likeness (QED) is 0.833. The predicted molar refractivity (Wildman–Crippen MR) is 80.7 cm³/mol. The highest BCUT2D eigenvalue weighted by Gasteiger charge is 2.38. The van der Waals surface area contributed by atoms with Gasteiger partial charge in [-0.3, -0.25) is 4.90 Å². The minimum absolute atomic E-state index is 0. The van der Waals surface area contributed by atoms with Crippen molar-refractivity contribution in [1.82, 2.24) is 10.2 Å². The van der Waals surface area contributed by atoms with Crippen molar-refractivity contribution in [3.05, 3.63) is 35.1 Å². The second-order valence-corrected chi connectivity index (χ2v) is 5.29. The van der Waals surface area contributed by atoms with Gasteiger partial charge in [-0.1, -0.05) is 19.4 Å². The molecule has 7 heteroatoms. The summed E-state index contributed by atoms with van der Waals surface area (Å²) >= 11 is 0. The lowest BCUT2D eigenvalue weighted by atomic mass is 9.94. The third kappa shape index (κ3) is 4.33. The molecule has 0 aromatic heterocycles. The van der Waals surface area contributed by atoms with Crippen molar-refractivity contribution in [1.29, 1.82) is 0 Å². The van der Waals surface area contributed by atoms with E-state index in [1.54, 1.807) is 0 Å². The van der Waals surface area contributed by atoms with E-state index in [4.69, 9.17) is 0 Å². The molecule has 1 saturated heterocycles. The summed E-state index contributed by atoms with van der Waals surface area (Å²) in [7, 11) is 0. The van der Waals surface area contributed by atoms with Gasteiger partial charge in [0.1, 0.15) is 5.82 Å². The Balaban J connectivity index is 0.00000242. The van der Waals surface area contributed by atoms with E-state index in [2.05, 4.69) is 5.32 Å². The van der Waals surface area contributed by atoms with Crippen LogP contribution in [0.3, 0.4) is 0 Å². The number of piperazine rings is 1. The van der Waals surface area contributed by atoms with Gasteiger partial charge in [-0.2, -0.15) is 13.2 Å². The molecule has 1 N–H and O–H groups in total. The van der Waals surface area contributed by atoms with Gasteiger partial charge < -0.3 is 5.32 Å². The van der Waals surface area contributed by atoms with E-state index in [0.717, 1.165) is 31.3 Å². The Bertz CT molecular complexity index is 473. The van der Waals surface area contributed by atoms with Crippen LogP contribution in [0.2, 0.25) is 0 Å². The first kappa shape index (κ1) is 19.2. The first-order valence-corrected chi connectivity index (χ1v) is 7.25. The van der Waals surface area contributed by atoms with Crippen molar-refractivity contribution < 1.29 is 17.6 Å². The van der Waals surface area contributed by atoms with Crippen molar-refractivity contribution in [2.45, 2.75) is 32.0 Å². The van der Waals surface area contributed by atoms with E-state index in [-0.39, 0.29) is 18.0 Å². The van der Waals surface area contributed by atoms with Gasteiger partial charge in [-0.25, -0.2) is 4.39 Å². The van der Waals surface area contributed by atoms with E-state index in [9.17, 15) is 17.6 Å². The van der Waals surface area contributed by atoms with Crippen LogP contribution >= 0.6 is 12.4 Å². The topological polar surface area (TPSA) is 15.3 Å². The van der Waals surface area contributed by atoms with Crippen molar-refractivity contribution in [3.63, 3.8) is 0 Å². The summed E-state index contributed by atoms with van der Waals surface area (Å²) in [5.74, 6) is -0.762. The lowest BCUT2D eigenvalue weighted by molar-refractivity contribution is -0.139. The Kier molecular flexibility index (Phi) is 7.09. The highest BCUT2D eigenvalue weighted by molar-refractivity contribution is 5.85. The highest BCUT2D eigenvalue weighted by Crippen LogP contribution is 2.39. The number of benzene rings is 1. The van der Waals surface area contributed by atoms with Crippen LogP contribution in [0.4, 0.5) is 17.6 Å². The van der Waals surface area contributed by atoms with Crippen LogP contribution in [-0.2, 0) is 6.18 Å². The fourth-order valence-electron chi connectivity index (χ4n) is 2.90. The molecule has 2 rings (SSSR count). The minimum Gasteiger partial charge on any atom is -0.314 e. The summed E-state index contributed by atoms with van der Waals surface area (Å²) in [6.07, 6.45) is -3.30. The first-order valence-electron chi connectivity index (χ1n) is 7.25. The number of alkyl halides is 3. The summed E-state index contributed by atoms with van der Waals surface area (Å²) in [5.41, 5.74) is -1.05. The van der Waals surface area contributed by atoms with Crippen LogP contribution in [0, 0.1) is 5.82 Å². The standard InChI is InChI=1S/C15H20F4N2.ClH/c1-2-4-13(21-9-7-20-8-10-21)14-11(15(17,18)19)5-3-6-12(14)16;/h3,5-6,13,20H,2,4,7-10H2,1H3;1H/t13-;/m0./s1. The zero-order valence-corrected chi connectivity index (χ0v) is 13.2. The van der Waals surface area contributed by atoms with E-state index in [0.29, 0.717) is 25.9 Å². The van der Waals surface area contributed by atoms with Gasteiger partial charge in [0.25, 0.3) is 0 Å². The third-order valence-corrected chi connectivity index (χ3v) is 3.85. The van der Waals surface area contributed by atoms with E-state index in [1.165, 1.54) is 0 Å². The van der Waals surface area contributed by atoms with Gasteiger partial charge in [0.2, 0.25) is 0 Å². The maximum absolute atomic E-state index is 14.2. The molecule has 126 valence electrons. The molecule has 0 bridgehead atoms. The number of halogens is 5. The molecule has 1 heterocycles. The van der Waals surface area contributed by atoms with Crippen LogP contribution in [0.15, 0.2) is 18.2 Å². The molecular formula is C15H21ClF4N2. The maximum Gasteiger partial charge on any atom is 0.416 e. The average Bonchev–Trinajstić information content (AvgIpc) is 2.45. The summed E-state index contributed by atoms with van der Waals surface area (Å²) in [6.45, 7) is 4.61. The van der Waals surface area contributed by atoms with Crippen molar-refractivity contribution in [2.75, 3.05) is 26.2 Å². The van der Waals surface area contributed by atoms with E-state index in [1.807, 2.05) is 11.8 Å². The second kappa shape index (κ2) is 8.13. The molecule has 0 radical (unpaired) electrons. The van der Waals surface area contributed by atoms with Crippen molar-refractivity contribution in [3.8, 4) is 0 Å². The Hall–Kier alpha value is -0.850. The Morgan fingerprint density at radius 1 is 1.23 bits per heavy atom. The normalized spacial score (nSPS) is 17.9. The van der Waals surface area contributed by atoms with Gasteiger partial charge in [-0.05, 0) is 18.6 Å². The molecule has 0 spiro atoms. The number of nitrogens with zero attached hydrogens (tertiary/aromatic N) is 1. The number of nitrogens with one attached hydrogen (secondary N) is 1. The summed E-state index contributed by atoms with van der Waals surface area (Å²) < 4.78 is 53.8. The molecule has 1 aromatic rings. The smallest absolute Gasteiger partial charge is 0.314 e. The van der Waals surface area contributed by atoms with Crippen molar-refractivity contribution in [2.24, 2.45) is 0 Å². The van der Waals surface area contributed by atoms with Gasteiger partial charge in [0.15, 0.2) is 0 Å². The Labute approximate surface area is 134 Å². The fourth-order valence-corrected chi connectivity index (χ4v) is 2.90. The predicted octanol–water partition coefficient (Wildman–Crippen LogP) is 4.01. The van der Waals surface area contributed by atoms with Crippen LogP contribution in [0.25, 0.3) is 0 Å². The molecule has 0 saturated carbocycles. The third-order valence-electron chi connectivity index (χ3n) is 3.85. The molecule has 2 nitrogen and oxygen atoms in total.